The molecule has 0 radical (unpaired) electrons. The molecular formula is C24H23ClN4O2S. The van der Waals surface area contributed by atoms with Crippen molar-refractivity contribution in [2.24, 2.45) is 0 Å². The number of ketones is 1. The fourth-order valence-electron chi connectivity index (χ4n) is 4.24. The summed E-state index contributed by atoms with van der Waals surface area (Å²) < 4.78 is 7.74. The summed E-state index contributed by atoms with van der Waals surface area (Å²) in [5.74, 6) is 2.23. The van der Waals surface area contributed by atoms with Gasteiger partial charge in [-0.25, -0.2) is 4.68 Å². The summed E-state index contributed by atoms with van der Waals surface area (Å²) in [5, 5.41) is 9.55. The minimum absolute atomic E-state index is 0.154. The molecule has 0 saturated heterocycles. The highest BCUT2D eigenvalue weighted by Crippen LogP contribution is 2.43. The number of anilines is 1. The standard InChI is InChI=1S/C24H23ClN4O2S/c1-2-31-20-13-6-4-9-16(20)22-21-18(11-7-12-19(21)30)26-23-27-24(28-29(22)23)32-14-15-8-3-5-10-17(15)25/h3-6,8-10,13,22H,2,7,11-12,14H2,1H3,(H,26,27,28). The SMILES string of the molecule is CCOc1ccccc1C1C2=C(CCCC2=O)Nc2nc(SCc3ccccc3Cl)nn21. The van der Waals surface area contributed by atoms with Crippen molar-refractivity contribution in [2.75, 3.05) is 11.9 Å². The second-order valence-electron chi connectivity index (χ2n) is 7.71. The third-order valence-electron chi connectivity index (χ3n) is 5.68. The fraction of sp³-hybridized carbons (Fsp3) is 0.292. The number of benzene rings is 2. The highest BCUT2D eigenvalue weighted by Gasteiger charge is 2.38. The number of hydrogen-bond acceptors (Lipinski definition) is 6. The van der Waals surface area contributed by atoms with Gasteiger partial charge in [0, 0.05) is 34.0 Å². The normalized spacial score (nSPS) is 17.6. The lowest BCUT2D eigenvalue weighted by Crippen LogP contribution is -2.31. The Bertz CT molecular complexity index is 1210. The largest absolute Gasteiger partial charge is 0.494 e. The molecule has 1 unspecified atom stereocenters. The number of Topliss-reactive ketones (excluding diaryl/α,β-unsaturated/α-hetero) is 1. The van der Waals surface area contributed by atoms with E-state index in [0.29, 0.717) is 29.9 Å². The lowest BCUT2D eigenvalue weighted by Gasteiger charge is -2.32. The van der Waals surface area contributed by atoms with Crippen LogP contribution in [0.15, 0.2) is 65.0 Å². The molecule has 3 aromatic rings. The lowest BCUT2D eigenvalue weighted by atomic mass is 9.85. The van der Waals surface area contributed by atoms with Crippen molar-refractivity contribution in [3.8, 4) is 5.75 Å². The van der Waals surface area contributed by atoms with E-state index in [1.54, 1.807) is 0 Å². The van der Waals surface area contributed by atoms with E-state index in [9.17, 15) is 4.79 Å². The second-order valence-corrected chi connectivity index (χ2v) is 9.06. The maximum absolute atomic E-state index is 13.0. The number of allylic oxidation sites excluding steroid dienone is 2. The topological polar surface area (TPSA) is 69.0 Å². The number of ether oxygens (including phenoxy) is 1. The van der Waals surface area contributed by atoms with E-state index in [0.717, 1.165) is 46.0 Å². The summed E-state index contributed by atoms with van der Waals surface area (Å²) in [5.41, 5.74) is 3.67. The van der Waals surface area contributed by atoms with Crippen LogP contribution in [0.2, 0.25) is 5.02 Å². The van der Waals surface area contributed by atoms with Gasteiger partial charge in [-0.1, -0.05) is 59.8 Å². The van der Waals surface area contributed by atoms with Gasteiger partial charge < -0.3 is 10.1 Å². The van der Waals surface area contributed by atoms with E-state index in [2.05, 4.69) is 5.32 Å². The summed E-state index contributed by atoms with van der Waals surface area (Å²) >= 11 is 7.84. The molecule has 0 amide bonds. The maximum atomic E-state index is 13.0. The van der Waals surface area contributed by atoms with Crippen LogP contribution in [0.5, 0.6) is 5.75 Å². The number of para-hydroxylation sites is 1. The van der Waals surface area contributed by atoms with Gasteiger partial charge >= 0.3 is 0 Å². The molecule has 0 saturated carbocycles. The highest BCUT2D eigenvalue weighted by molar-refractivity contribution is 7.98. The summed E-state index contributed by atoms with van der Waals surface area (Å²) in [6.07, 6.45) is 2.21. The molecule has 0 spiro atoms. The molecule has 8 heteroatoms. The molecular weight excluding hydrogens is 444 g/mol. The summed E-state index contributed by atoms with van der Waals surface area (Å²) in [7, 11) is 0. The molecule has 1 atom stereocenters. The van der Waals surface area contributed by atoms with Crippen molar-refractivity contribution in [2.45, 2.75) is 43.1 Å². The number of nitrogens with zero attached hydrogens (tertiary/aromatic N) is 3. The van der Waals surface area contributed by atoms with E-state index < -0.39 is 0 Å². The number of thioether (sulfide) groups is 1. The molecule has 0 fully saturated rings. The monoisotopic (exact) mass is 466 g/mol. The molecule has 1 N–H and O–H groups in total. The van der Waals surface area contributed by atoms with Gasteiger partial charge in [-0.15, -0.1) is 5.10 Å². The molecule has 2 heterocycles. The van der Waals surface area contributed by atoms with Crippen molar-refractivity contribution in [1.82, 2.24) is 14.8 Å². The zero-order valence-corrected chi connectivity index (χ0v) is 19.2. The van der Waals surface area contributed by atoms with Gasteiger partial charge in [0.05, 0.1) is 6.61 Å². The predicted molar refractivity (Wildman–Crippen MR) is 126 cm³/mol. The van der Waals surface area contributed by atoms with Gasteiger partial charge in [0.25, 0.3) is 0 Å². The Labute approximate surface area is 196 Å². The van der Waals surface area contributed by atoms with Crippen LogP contribution < -0.4 is 10.1 Å². The molecule has 1 aliphatic heterocycles. The Hall–Kier alpha value is -2.77. The van der Waals surface area contributed by atoms with E-state index in [1.807, 2.05) is 60.1 Å². The first kappa shape index (κ1) is 21.1. The number of carbonyl (C=O) groups is 1. The number of hydrogen-bond donors (Lipinski definition) is 1. The zero-order chi connectivity index (χ0) is 22.1. The van der Waals surface area contributed by atoms with Crippen molar-refractivity contribution >= 4 is 35.1 Å². The van der Waals surface area contributed by atoms with Gasteiger partial charge in [0.2, 0.25) is 11.1 Å². The average molecular weight is 467 g/mol. The molecule has 164 valence electrons. The molecule has 2 aromatic carbocycles. The summed E-state index contributed by atoms with van der Waals surface area (Å²) in [6, 6.07) is 15.3. The number of aromatic nitrogens is 3. The summed E-state index contributed by atoms with van der Waals surface area (Å²) in [4.78, 5) is 17.8. The quantitative estimate of drug-likeness (QED) is 0.474. The Balaban J connectivity index is 1.54. The Morgan fingerprint density at radius 3 is 2.84 bits per heavy atom. The second kappa shape index (κ2) is 9.00. The number of fused-ring (bicyclic) bond motifs is 1. The predicted octanol–water partition coefficient (Wildman–Crippen LogP) is 5.64. The molecule has 1 aliphatic carbocycles. The molecule has 1 aromatic heterocycles. The minimum Gasteiger partial charge on any atom is -0.494 e. The van der Waals surface area contributed by atoms with E-state index >= 15 is 0 Å². The minimum atomic E-state index is -0.362. The van der Waals surface area contributed by atoms with Crippen LogP contribution in [0.1, 0.15) is 43.4 Å². The van der Waals surface area contributed by atoms with Gasteiger partial charge in [-0.05, 0) is 37.5 Å². The van der Waals surface area contributed by atoms with Crippen LogP contribution in [-0.4, -0.2) is 27.2 Å². The first-order valence-electron chi connectivity index (χ1n) is 10.7. The molecule has 5 rings (SSSR count). The molecule has 2 aliphatic rings. The fourth-order valence-corrected chi connectivity index (χ4v) is 5.35. The first-order valence-corrected chi connectivity index (χ1v) is 12.1. The van der Waals surface area contributed by atoms with Crippen LogP contribution in [0.4, 0.5) is 5.95 Å². The Morgan fingerprint density at radius 1 is 1.19 bits per heavy atom. The number of rotatable bonds is 6. The molecule has 6 nitrogen and oxygen atoms in total. The average Bonchev–Trinajstić information content (AvgIpc) is 3.21. The number of carbonyl (C=O) groups excluding carboxylic acids is 1. The maximum Gasteiger partial charge on any atom is 0.227 e. The van der Waals surface area contributed by atoms with Crippen LogP contribution in [0.25, 0.3) is 0 Å². The van der Waals surface area contributed by atoms with Crippen LogP contribution >= 0.6 is 23.4 Å². The van der Waals surface area contributed by atoms with Crippen molar-refractivity contribution < 1.29 is 9.53 Å². The van der Waals surface area contributed by atoms with Gasteiger partial charge in [0.15, 0.2) is 5.78 Å². The third-order valence-corrected chi connectivity index (χ3v) is 6.93. The van der Waals surface area contributed by atoms with Crippen molar-refractivity contribution in [3.63, 3.8) is 0 Å². The van der Waals surface area contributed by atoms with E-state index in [-0.39, 0.29) is 11.8 Å². The number of nitrogens with one attached hydrogen (secondary N) is 1. The van der Waals surface area contributed by atoms with Crippen LogP contribution in [-0.2, 0) is 10.5 Å². The van der Waals surface area contributed by atoms with Crippen molar-refractivity contribution in [1.29, 1.82) is 0 Å². The summed E-state index contributed by atoms with van der Waals surface area (Å²) in [6.45, 7) is 2.50. The van der Waals surface area contributed by atoms with Gasteiger partial charge in [-0.3, -0.25) is 4.79 Å². The Kier molecular flexibility index (Phi) is 5.93. The van der Waals surface area contributed by atoms with Crippen molar-refractivity contribution in [3.05, 3.63) is 76.0 Å². The van der Waals surface area contributed by atoms with Crippen LogP contribution in [0.3, 0.4) is 0 Å². The molecule has 32 heavy (non-hydrogen) atoms. The third kappa shape index (κ3) is 3.91. The molecule has 0 bridgehead atoms. The zero-order valence-electron chi connectivity index (χ0n) is 17.7. The van der Waals surface area contributed by atoms with Crippen LogP contribution in [0, 0.1) is 0 Å². The van der Waals surface area contributed by atoms with Gasteiger partial charge in [0.1, 0.15) is 11.8 Å². The number of halogens is 1. The van der Waals surface area contributed by atoms with E-state index in [1.165, 1.54) is 11.8 Å². The highest BCUT2D eigenvalue weighted by atomic mass is 35.5. The lowest BCUT2D eigenvalue weighted by molar-refractivity contribution is -0.116. The van der Waals surface area contributed by atoms with Gasteiger partial charge in [-0.2, -0.15) is 4.98 Å². The smallest absolute Gasteiger partial charge is 0.227 e. The first-order chi connectivity index (χ1) is 15.7. The van der Waals surface area contributed by atoms with E-state index in [4.69, 9.17) is 26.4 Å². The Morgan fingerprint density at radius 2 is 2.00 bits per heavy atom.